The Bertz CT molecular complexity index is 1340. The molecule has 148 valence electrons. The van der Waals surface area contributed by atoms with Gasteiger partial charge < -0.3 is 5.32 Å². The minimum atomic E-state index is 0.105. The van der Waals surface area contributed by atoms with Crippen molar-refractivity contribution in [3.63, 3.8) is 0 Å². The standard InChI is InChI=1S/C28H25NS/c1-28(2,3)20-16-17-24(23(18-20)19-10-5-4-6-11-19)29-25-14-9-13-22-21-12-7-8-15-26(21)30-27(22)25/h4-18,29H,1-3H3. The number of thiophene rings is 1. The van der Waals surface area contributed by atoms with E-state index in [-0.39, 0.29) is 5.41 Å². The molecule has 0 aliphatic carbocycles. The summed E-state index contributed by atoms with van der Waals surface area (Å²) < 4.78 is 2.63. The van der Waals surface area contributed by atoms with Crippen LogP contribution in [-0.2, 0) is 5.41 Å². The first-order valence-corrected chi connectivity index (χ1v) is 11.2. The Hall–Kier alpha value is -3.10. The van der Waals surface area contributed by atoms with Gasteiger partial charge in [0.15, 0.2) is 0 Å². The zero-order valence-corrected chi connectivity index (χ0v) is 18.4. The number of hydrogen-bond donors (Lipinski definition) is 1. The highest BCUT2D eigenvalue weighted by molar-refractivity contribution is 7.26. The number of nitrogens with one attached hydrogen (secondary N) is 1. The highest BCUT2D eigenvalue weighted by Crippen LogP contribution is 2.41. The van der Waals surface area contributed by atoms with E-state index in [1.807, 2.05) is 11.3 Å². The summed E-state index contributed by atoms with van der Waals surface area (Å²) in [7, 11) is 0. The summed E-state index contributed by atoms with van der Waals surface area (Å²) in [6.07, 6.45) is 0. The van der Waals surface area contributed by atoms with Crippen LogP contribution in [0, 0.1) is 0 Å². The maximum absolute atomic E-state index is 3.76. The van der Waals surface area contributed by atoms with E-state index in [4.69, 9.17) is 0 Å². The van der Waals surface area contributed by atoms with E-state index in [1.54, 1.807) is 0 Å². The minimum Gasteiger partial charge on any atom is -0.354 e. The Morgan fingerprint density at radius 2 is 1.40 bits per heavy atom. The molecule has 0 aliphatic heterocycles. The van der Waals surface area contributed by atoms with Crippen LogP contribution >= 0.6 is 11.3 Å². The molecule has 0 amide bonds. The van der Waals surface area contributed by atoms with Crippen molar-refractivity contribution in [3.8, 4) is 11.1 Å². The van der Waals surface area contributed by atoms with Crippen LogP contribution in [0.3, 0.4) is 0 Å². The second kappa shape index (κ2) is 7.30. The monoisotopic (exact) mass is 407 g/mol. The fourth-order valence-corrected chi connectivity index (χ4v) is 5.14. The molecule has 0 bridgehead atoms. The highest BCUT2D eigenvalue weighted by Gasteiger charge is 2.17. The van der Waals surface area contributed by atoms with Crippen molar-refractivity contribution in [1.82, 2.24) is 0 Å². The van der Waals surface area contributed by atoms with Gasteiger partial charge in [-0.15, -0.1) is 11.3 Å². The molecular formula is C28H25NS. The molecule has 0 saturated heterocycles. The molecule has 2 heteroatoms. The minimum absolute atomic E-state index is 0.105. The first-order chi connectivity index (χ1) is 14.5. The molecule has 30 heavy (non-hydrogen) atoms. The quantitative estimate of drug-likeness (QED) is 0.315. The average molecular weight is 408 g/mol. The lowest BCUT2D eigenvalue weighted by molar-refractivity contribution is 0.590. The molecule has 1 aromatic heterocycles. The molecule has 0 aliphatic rings. The van der Waals surface area contributed by atoms with Crippen LogP contribution in [0.1, 0.15) is 26.3 Å². The molecule has 1 heterocycles. The smallest absolute Gasteiger partial charge is 0.0590 e. The summed E-state index contributed by atoms with van der Waals surface area (Å²) in [6.45, 7) is 6.80. The van der Waals surface area contributed by atoms with Crippen molar-refractivity contribution in [2.45, 2.75) is 26.2 Å². The Morgan fingerprint density at radius 3 is 2.20 bits per heavy atom. The zero-order chi connectivity index (χ0) is 20.7. The molecular weight excluding hydrogens is 382 g/mol. The lowest BCUT2D eigenvalue weighted by atomic mass is 9.85. The van der Waals surface area contributed by atoms with Gasteiger partial charge in [0.2, 0.25) is 0 Å². The molecule has 0 fully saturated rings. The molecule has 0 radical (unpaired) electrons. The normalized spacial score (nSPS) is 11.8. The SMILES string of the molecule is CC(C)(C)c1ccc(Nc2cccc3c2sc2ccccc23)c(-c2ccccc2)c1. The van der Waals surface area contributed by atoms with Crippen molar-refractivity contribution in [2.24, 2.45) is 0 Å². The van der Waals surface area contributed by atoms with Gasteiger partial charge in [0.25, 0.3) is 0 Å². The van der Waals surface area contributed by atoms with Crippen molar-refractivity contribution in [3.05, 3.63) is 96.6 Å². The number of fused-ring (bicyclic) bond motifs is 3. The van der Waals surface area contributed by atoms with Gasteiger partial charge >= 0.3 is 0 Å². The third kappa shape index (κ3) is 3.38. The van der Waals surface area contributed by atoms with E-state index in [1.165, 1.54) is 36.9 Å². The van der Waals surface area contributed by atoms with E-state index in [2.05, 4.69) is 117 Å². The van der Waals surface area contributed by atoms with Gasteiger partial charge in [-0.2, -0.15) is 0 Å². The van der Waals surface area contributed by atoms with Crippen molar-refractivity contribution in [1.29, 1.82) is 0 Å². The van der Waals surface area contributed by atoms with Gasteiger partial charge in [-0.05, 0) is 40.8 Å². The first kappa shape index (κ1) is 18.9. The van der Waals surface area contributed by atoms with Crippen LogP contribution < -0.4 is 5.32 Å². The largest absolute Gasteiger partial charge is 0.354 e. The van der Waals surface area contributed by atoms with Crippen LogP contribution in [0.5, 0.6) is 0 Å². The summed E-state index contributed by atoms with van der Waals surface area (Å²) >= 11 is 1.85. The number of hydrogen-bond acceptors (Lipinski definition) is 2. The van der Waals surface area contributed by atoms with Gasteiger partial charge in [0.05, 0.1) is 10.4 Å². The molecule has 4 aromatic carbocycles. The van der Waals surface area contributed by atoms with E-state index in [9.17, 15) is 0 Å². The van der Waals surface area contributed by atoms with Crippen molar-refractivity contribution in [2.75, 3.05) is 5.32 Å². The predicted octanol–water partition coefficient (Wildman–Crippen LogP) is 8.76. The maximum atomic E-state index is 3.76. The average Bonchev–Trinajstić information content (AvgIpc) is 3.14. The van der Waals surface area contributed by atoms with Gasteiger partial charge in [-0.25, -0.2) is 0 Å². The van der Waals surface area contributed by atoms with Crippen LogP contribution in [0.4, 0.5) is 11.4 Å². The van der Waals surface area contributed by atoms with Crippen LogP contribution in [0.25, 0.3) is 31.3 Å². The van der Waals surface area contributed by atoms with Crippen LogP contribution in [0.15, 0.2) is 91.0 Å². The summed E-state index contributed by atoms with van der Waals surface area (Å²) in [5, 5.41) is 6.40. The van der Waals surface area contributed by atoms with Crippen molar-refractivity contribution < 1.29 is 0 Å². The second-order valence-electron chi connectivity index (χ2n) is 8.78. The summed E-state index contributed by atoms with van der Waals surface area (Å²) in [5.74, 6) is 0. The van der Waals surface area contributed by atoms with Crippen LogP contribution in [-0.4, -0.2) is 0 Å². The number of benzene rings is 4. The van der Waals surface area contributed by atoms with E-state index in [0.29, 0.717) is 0 Å². The molecule has 0 atom stereocenters. The summed E-state index contributed by atoms with van der Waals surface area (Å²) in [5.41, 5.74) is 6.21. The van der Waals surface area contributed by atoms with E-state index in [0.717, 1.165) is 11.4 Å². The maximum Gasteiger partial charge on any atom is 0.0590 e. The summed E-state index contributed by atoms with van der Waals surface area (Å²) in [4.78, 5) is 0. The molecule has 0 saturated carbocycles. The zero-order valence-electron chi connectivity index (χ0n) is 17.6. The number of rotatable bonds is 3. The first-order valence-electron chi connectivity index (χ1n) is 10.4. The second-order valence-corrected chi connectivity index (χ2v) is 9.83. The Kier molecular flexibility index (Phi) is 4.60. The topological polar surface area (TPSA) is 12.0 Å². The Balaban J connectivity index is 1.66. The van der Waals surface area contributed by atoms with Gasteiger partial charge in [-0.3, -0.25) is 0 Å². The molecule has 0 unspecified atom stereocenters. The van der Waals surface area contributed by atoms with Gasteiger partial charge in [-0.1, -0.05) is 87.5 Å². The van der Waals surface area contributed by atoms with Crippen molar-refractivity contribution >= 4 is 42.9 Å². The number of anilines is 2. The molecule has 0 spiro atoms. The highest BCUT2D eigenvalue weighted by atomic mass is 32.1. The Morgan fingerprint density at radius 1 is 0.667 bits per heavy atom. The van der Waals surface area contributed by atoms with Gasteiger partial charge in [0, 0.05) is 26.7 Å². The van der Waals surface area contributed by atoms with E-state index >= 15 is 0 Å². The van der Waals surface area contributed by atoms with Crippen LogP contribution in [0.2, 0.25) is 0 Å². The third-order valence-corrected chi connectivity index (χ3v) is 6.86. The summed E-state index contributed by atoms with van der Waals surface area (Å²) in [6, 6.07) is 32.7. The third-order valence-electron chi connectivity index (χ3n) is 5.64. The molecule has 1 N–H and O–H groups in total. The lowest BCUT2D eigenvalue weighted by Gasteiger charge is -2.22. The predicted molar refractivity (Wildman–Crippen MR) is 133 cm³/mol. The molecule has 1 nitrogen and oxygen atoms in total. The van der Waals surface area contributed by atoms with E-state index < -0.39 is 0 Å². The fourth-order valence-electron chi connectivity index (χ4n) is 3.97. The molecule has 5 aromatic rings. The Labute approximate surface area is 182 Å². The molecule has 5 rings (SSSR count). The van der Waals surface area contributed by atoms with Gasteiger partial charge in [0.1, 0.15) is 0 Å². The fraction of sp³-hybridized carbons (Fsp3) is 0.143. The lowest BCUT2D eigenvalue weighted by Crippen LogP contribution is -2.11.